The third-order valence-corrected chi connectivity index (χ3v) is 13.3. The molecule has 0 aliphatic carbocycles. The van der Waals surface area contributed by atoms with Crippen LogP contribution in [0.2, 0.25) is 0 Å². The van der Waals surface area contributed by atoms with Crippen molar-refractivity contribution in [1.82, 2.24) is 35.7 Å². The number of nitrogens with zero attached hydrogens (tertiary/aromatic N) is 3. The fourth-order valence-corrected chi connectivity index (χ4v) is 9.22. The number of pyridine rings is 2. The highest BCUT2D eigenvalue weighted by Crippen LogP contribution is 2.43. The summed E-state index contributed by atoms with van der Waals surface area (Å²) < 4.78 is 23.9. The second kappa shape index (κ2) is 22.4. The van der Waals surface area contributed by atoms with Gasteiger partial charge < -0.3 is 60.3 Å². The first-order valence-corrected chi connectivity index (χ1v) is 24.6. The minimum atomic E-state index is -2.03. The van der Waals surface area contributed by atoms with Crippen molar-refractivity contribution in [3.05, 3.63) is 92.8 Å². The standard InChI is InChI=1S/C52H56N8O16/c1-5-52(72)34-20-38-45-32(23-60(38)49(69)33(34)25-75-50(52)70)31(30-19-39-40(21-36(30)57-45)74-17-16-73-39)22-53-51(71)76-24-28-6-8-29(9-7-28)55-47(67)35(10-13-44(64)65)58-46(66)27(4)54-48(68)37(18-26(2)3)56-41(61)14-15-59-42(62)11-12-43(59)63/h6-9,11-12,19-21,26-27,35,37,72H,5,10,13-18,22-25H2,1-4H3,(H,53,71)(H,54,68)(H,55,67)(H,56,61)(H,58,66)(H,64,65)/t27-,35-,37?,52-/m0/s1. The van der Waals surface area contributed by atoms with Crippen LogP contribution < -0.4 is 41.6 Å². The normalized spacial score (nSPS) is 17.2. The zero-order valence-corrected chi connectivity index (χ0v) is 41.9. The SMILES string of the molecule is CC[C@@]1(O)C(=O)OCc2c1cc1n(c2=O)Cc2c-1nc1cc3c(cc1c2CNC(=O)OCc1ccc(NC(=O)[C@H](CCC(=O)O)NC(=O)[C@H](C)NC(=O)C(CC(C)C)NC(=O)CCN2C(=O)C=CC2=O)cc1)OCCO3. The van der Waals surface area contributed by atoms with Crippen LogP contribution in [0.5, 0.6) is 11.5 Å². The lowest BCUT2D eigenvalue weighted by molar-refractivity contribution is -0.172. The third-order valence-electron chi connectivity index (χ3n) is 13.3. The van der Waals surface area contributed by atoms with Crippen molar-refractivity contribution in [3.8, 4) is 22.9 Å². The van der Waals surface area contributed by atoms with Crippen LogP contribution >= 0.6 is 0 Å². The van der Waals surface area contributed by atoms with Crippen LogP contribution in [0.25, 0.3) is 22.3 Å². The first kappa shape index (κ1) is 53.6. The lowest BCUT2D eigenvalue weighted by Crippen LogP contribution is -2.55. The summed E-state index contributed by atoms with van der Waals surface area (Å²) in [4.78, 5) is 134. The quantitative estimate of drug-likeness (QED) is 0.0432. The molecular formula is C52H56N8O16. The highest BCUT2D eigenvalue weighted by molar-refractivity contribution is 6.13. The van der Waals surface area contributed by atoms with E-state index in [4.69, 9.17) is 23.9 Å². The van der Waals surface area contributed by atoms with Gasteiger partial charge in [0, 0.05) is 66.4 Å². The molecule has 0 saturated heterocycles. The number of aliphatic carboxylic acids is 1. The van der Waals surface area contributed by atoms with Crippen molar-refractivity contribution >= 4 is 70.1 Å². The first-order valence-electron chi connectivity index (χ1n) is 24.6. The molecule has 0 radical (unpaired) electrons. The van der Waals surface area contributed by atoms with E-state index < -0.39 is 89.2 Å². The van der Waals surface area contributed by atoms with Gasteiger partial charge in [0.05, 0.1) is 29.0 Å². The van der Waals surface area contributed by atoms with Gasteiger partial charge in [0.25, 0.3) is 17.4 Å². The molecule has 7 amide bonds. The van der Waals surface area contributed by atoms with E-state index in [9.17, 15) is 58.2 Å². The van der Waals surface area contributed by atoms with Crippen molar-refractivity contribution in [1.29, 1.82) is 0 Å². The lowest BCUT2D eigenvalue weighted by atomic mass is 9.86. The molecule has 8 rings (SSSR count). The summed E-state index contributed by atoms with van der Waals surface area (Å²) in [5.74, 6) is -5.26. The highest BCUT2D eigenvalue weighted by atomic mass is 16.6. The maximum Gasteiger partial charge on any atom is 0.407 e. The Morgan fingerprint density at radius 1 is 0.829 bits per heavy atom. The van der Waals surface area contributed by atoms with Crippen molar-refractivity contribution in [3.63, 3.8) is 0 Å². The van der Waals surface area contributed by atoms with Crippen molar-refractivity contribution < 1.29 is 72.3 Å². The van der Waals surface area contributed by atoms with Gasteiger partial charge in [0.15, 0.2) is 17.1 Å². The fraction of sp³-hybridized carbons (Fsp3) is 0.404. The van der Waals surface area contributed by atoms with Gasteiger partial charge in [-0.2, -0.15) is 0 Å². The smallest absolute Gasteiger partial charge is 0.407 e. The Morgan fingerprint density at radius 3 is 2.20 bits per heavy atom. The van der Waals surface area contributed by atoms with E-state index in [2.05, 4.69) is 26.6 Å². The van der Waals surface area contributed by atoms with Crippen LogP contribution in [0.15, 0.2) is 59.4 Å². The number of ether oxygens (including phenoxy) is 4. The number of aliphatic hydroxyl groups is 1. The number of carboxylic acids is 1. The molecule has 4 aliphatic heterocycles. The molecule has 2 aromatic carbocycles. The van der Waals surface area contributed by atoms with Crippen LogP contribution in [0.3, 0.4) is 0 Å². The Labute approximate surface area is 433 Å². The number of nitrogens with one attached hydrogen (secondary N) is 5. The number of carboxylic acid groups (broad SMARTS) is 1. The van der Waals surface area contributed by atoms with Gasteiger partial charge in [-0.1, -0.05) is 32.9 Å². The summed E-state index contributed by atoms with van der Waals surface area (Å²) in [6.07, 6.45) is 0.456. The second-order valence-electron chi connectivity index (χ2n) is 19.0. The molecule has 2 aromatic heterocycles. The molecule has 0 fully saturated rings. The minimum absolute atomic E-state index is 0.0327. The van der Waals surface area contributed by atoms with Gasteiger partial charge in [-0.3, -0.25) is 43.3 Å². The van der Waals surface area contributed by atoms with E-state index in [0.717, 1.165) is 17.1 Å². The summed E-state index contributed by atoms with van der Waals surface area (Å²) >= 11 is 0. The number of hydrogen-bond acceptors (Lipinski definition) is 16. The molecule has 24 heteroatoms. The number of anilines is 1. The highest BCUT2D eigenvalue weighted by Gasteiger charge is 2.46. The predicted octanol–water partition coefficient (Wildman–Crippen LogP) is 1.92. The number of esters is 1. The fourth-order valence-electron chi connectivity index (χ4n) is 9.22. The zero-order chi connectivity index (χ0) is 54.6. The number of cyclic esters (lactones) is 1. The maximum atomic E-state index is 14.0. The number of hydrogen-bond donors (Lipinski definition) is 7. The molecule has 76 heavy (non-hydrogen) atoms. The predicted molar refractivity (Wildman–Crippen MR) is 266 cm³/mol. The van der Waals surface area contributed by atoms with Gasteiger partial charge >= 0.3 is 18.0 Å². The molecule has 4 aliphatic rings. The van der Waals surface area contributed by atoms with Crippen LogP contribution in [0.1, 0.15) is 87.6 Å². The third kappa shape index (κ3) is 11.5. The number of alkyl carbamates (subject to hydrolysis) is 1. The van der Waals surface area contributed by atoms with Crippen LogP contribution in [0, 0.1) is 5.92 Å². The summed E-state index contributed by atoms with van der Waals surface area (Å²) in [6.45, 7) is 6.49. The first-order chi connectivity index (χ1) is 36.2. The van der Waals surface area contributed by atoms with E-state index in [1.807, 2.05) is 13.8 Å². The van der Waals surface area contributed by atoms with E-state index >= 15 is 0 Å². The van der Waals surface area contributed by atoms with Gasteiger partial charge in [-0.25, -0.2) is 14.6 Å². The van der Waals surface area contributed by atoms with Crippen molar-refractivity contribution in [2.75, 3.05) is 25.1 Å². The Bertz CT molecular complexity index is 3130. The number of carbonyl (C=O) groups is 9. The maximum absolute atomic E-state index is 14.0. The number of aromatic nitrogens is 2. The van der Waals surface area contributed by atoms with Crippen molar-refractivity contribution in [2.24, 2.45) is 5.92 Å². The number of benzene rings is 2. The number of imide groups is 1. The molecule has 0 spiro atoms. The molecule has 4 aromatic rings. The van der Waals surface area contributed by atoms with E-state index in [-0.39, 0.29) is 81.3 Å². The molecule has 1 unspecified atom stereocenters. The van der Waals surface area contributed by atoms with Gasteiger partial charge in [-0.05, 0) is 67.5 Å². The molecule has 4 atom stereocenters. The summed E-state index contributed by atoms with van der Waals surface area (Å²) in [6, 6.07) is 7.51. The Morgan fingerprint density at radius 2 is 1.53 bits per heavy atom. The second-order valence-corrected chi connectivity index (χ2v) is 19.0. The Hall–Kier alpha value is -8.67. The largest absolute Gasteiger partial charge is 0.486 e. The van der Waals surface area contributed by atoms with Gasteiger partial charge in [0.1, 0.15) is 44.6 Å². The summed E-state index contributed by atoms with van der Waals surface area (Å²) in [5, 5.41) is 34.4. The van der Waals surface area contributed by atoms with Gasteiger partial charge in [0.2, 0.25) is 23.6 Å². The van der Waals surface area contributed by atoms with Crippen LogP contribution in [-0.2, 0) is 79.7 Å². The topological polar surface area (TPSA) is 329 Å². The number of rotatable bonds is 20. The number of fused-ring (bicyclic) bond motifs is 6. The molecular weight excluding hydrogens is 993 g/mol. The number of amides is 7. The Balaban J connectivity index is 0.885. The van der Waals surface area contributed by atoms with Gasteiger partial charge in [-0.15, -0.1) is 0 Å². The minimum Gasteiger partial charge on any atom is -0.486 e. The monoisotopic (exact) mass is 1050 g/mol. The number of carbonyl (C=O) groups excluding carboxylic acids is 8. The molecule has 6 heterocycles. The van der Waals surface area contributed by atoms with E-state index in [0.29, 0.717) is 63.7 Å². The van der Waals surface area contributed by atoms with E-state index in [1.54, 1.807) is 37.3 Å². The average Bonchev–Trinajstić information content (AvgIpc) is 3.93. The Kier molecular flexibility index (Phi) is 15.8. The molecule has 0 saturated carbocycles. The molecule has 400 valence electrons. The lowest BCUT2D eigenvalue weighted by Gasteiger charge is -2.31. The summed E-state index contributed by atoms with van der Waals surface area (Å²) in [7, 11) is 0. The summed E-state index contributed by atoms with van der Waals surface area (Å²) in [5.41, 5.74) is 1.06. The van der Waals surface area contributed by atoms with E-state index in [1.165, 1.54) is 23.6 Å². The van der Waals surface area contributed by atoms with Crippen molar-refractivity contribution in [2.45, 2.75) is 110 Å². The average molecular weight is 1050 g/mol. The van der Waals surface area contributed by atoms with Crippen LogP contribution in [0.4, 0.5) is 10.5 Å². The molecule has 7 N–H and O–H groups in total. The molecule has 24 nitrogen and oxygen atoms in total. The molecule has 0 bridgehead atoms. The zero-order valence-electron chi connectivity index (χ0n) is 41.9. The van der Waals surface area contributed by atoms with Crippen LogP contribution in [-0.4, -0.2) is 116 Å².